The monoisotopic (exact) mass is 482 g/mol. The van der Waals surface area contributed by atoms with Gasteiger partial charge in [0, 0.05) is 36.7 Å². The van der Waals surface area contributed by atoms with Crippen LogP contribution in [0.3, 0.4) is 0 Å². The zero-order valence-electron chi connectivity index (χ0n) is 19.1. The van der Waals surface area contributed by atoms with Crippen molar-refractivity contribution in [2.24, 2.45) is 0 Å². The number of sulfone groups is 1. The average Bonchev–Trinajstić information content (AvgIpc) is 2.84. The van der Waals surface area contributed by atoms with Crippen LogP contribution in [-0.2, 0) is 14.6 Å². The van der Waals surface area contributed by atoms with E-state index in [2.05, 4.69) is 20.6 Å². The van der Waals surface area contributed by atoms with E-state index < -0.39 is 9.84 Å². The first kappa shape index (κ1) is 23.6. The highest BCUT2D eigenvalue weighted by atomic mass is 32.2. The van der Waals surface area contributed by atoms with Crippen LogP contribution in [0, 0.1) is 0 Å². The van der Waals surface area contributed by atoms with Crippen LogP contribution >= 0.6 is 0 Å². The lowest BCUT2D eigenvalue weighted by Gasteiger charge is -2.33. The van der Waals surface area contributed by atoms with Gasteiger partial charge in [-0.05, 0) is 43.3 Å². The number of benzene rings is 2. The maximum Gasteiger partial charge on any atom is 0.318 e. The Kier molecular flexibility index (Phi) is 6.75. The predicted octanol–water partition coefficient (Wildman–Crippen LogP) is 2.59. The van der Waals surface area contributed by atoms with E-state index in [1.165, 1.54) is 0 Å². The van der Waals surface area contributed by atoms with Crippen molar-refractivity contribution >= 4 is 27.5 Å². The molecule has 0 radical (unpaired) electrons. The van der Waals surface area contributed by atoms with E-state index in [-0.39, 0.29) is 22.8 Å². The first-order chi connectivity index (χ1) is 16.3. The van der Waals surface area contributed by atoms with E-state index in [1.54, 1.807) is 55.6 Å². The molecule has 178 valence electrons. The average molecular weight is 483 g/mol. The second-order valence-corrected chi connectivity index (χ2v) is 9.93. The number of rotatable bonds is 5. The largest absolute Gasteiger partial charge is 0.377 e. The maximum atomic E-state index is 12.4. The van der Waals surface area contributed by atoms with Gasteiger partial charge in [-0.3, -0.25) is 0 Å². The smallest absolute Gasteiger partial charge is 0.318 e. The number of carbonyl (C=O) groups is 1. The summed E-state index contributed by atoms with van der Waals surface area (Å²) in [7, 11) is -1.97. The SMILES string of the molecule is CNC(=O)Nc1ccc(-c2nc(-c3ccccc3S(C)(=O)=O)nc(N3CCOC[C@@H]3C)n2)cc1. The molecule has 1 aliphatic heterocycles. The molecule has 0 bridgehead atoms. The van der Waals surface area contributed by atoms with Gasteiger partial charge in [-0.15, -0.1) is 0 Å². The lowest BCUT2D eigenvalue weighted by Crippen LogP contribution is -2.44. The number of ether oxygens (including phenoxy) is 1. The van der Waals surface area contributed by atoms with Crippen molar-refractivity contribution in [1.82, 2.24) is 20.3 Å². The summed E-state index contributed by atoms with van der Waals surface area (Å²) in [5, 5.41) is 5.21. The molecule has 1 saturated heterocycles. The molecular formula is C23H26N6O4S. The van der Waals surface area contributed by atoms with Crippen molar-refractivity contribution in [2.75, 3.05) is 43.3 Å². The normalized spacial score (nSPS) is 16.2. The highest BCUT2D eigenvalue weighted by Crippen LogP contribution is 2.29. The molecule has 10 nitrogen and oxygen atoms in total. The van der Waals surface area contributed by atoms with Crippen LogP contribution in [0.15, 0.2) is 53.4 Å². The van der Waals surface area contributed by atoms with Gasteiger partial charge in [-0.1, -0.05) is 12.1 Å². The summed E-state index contributed by atoms with van der Waals surface area (Å²) in [4.78, 5) is 27.8. The molecule has 0 aliphatic carbocycles. The van der Waals surface area contributed by atoms with Crippen molar-refractivity contribution in [3.63, 3.8) is 0 Å². The number of nitrogens with zero attached hydrogens (tertiary/aromatic N) is 4. The van der Waals surface area contributed by atoms with E-state index in [1.807, 2.05) is 11.8 Å². The van der Waals surface area contributed by atoms with Crippen molar-refractivity contribution in [3.8, 4) is 22.8 Å². The van der Waals surface area contributed by atoms with Crippen LogP contribution in [0.1, 0.15) is 6.92 Å². The van der Waals surface area contributed by atoms with E-state index >= 15 is 0 Å². The summed E-state index contributed by atoms with van der Waals surface area (Å²) in [6.45, 7) is 3.70. The third kappa shape index (κ3) is 5.15. The Bertz CT molecular complexity index is 1300. The minimum atomic E-state index is -3.51. The fourth-order valence-corrected chi connectivity index (χ4v) is 4.52. The second kappa shape index (κ2) is 9.74. The van der Waals surface area contributed by atoms with E-state index in [0.717, 1.165) is 6.26 Å². The summed E-state index contributed by atoms with van der Waals surface area (Å²) in [5.74, 6) is 1.12. The Labute approximate surface area is 198 Å². The number of carbonyl (C=O) groups excluding carboxylic acids is 1. The molecule has 0 unspecified atom stereocenters. The second-order valence-electron chi connectivity index (χ2n) is 7.95. The molecular weight excluding hydrogens is 456 g/mol. The molecule has 34 heavy (non-hydrogen) atoms. The zero-order chi connectivity index (χ0) is 24.3. The topological polar surface area (TPSA) is 126 Å². The van der Waals surface area contributed by atoms with Crippen LogP contribution in [-0.4, -0.2) is 68.5 Å². The fraction of sp³-hybridized carbons (Fsp3) is 0.304. The molecule has 1 atom stereocenters. The van der Waals surface area contributed by atoms with E-state index in [0.29, 0.717) is 48.3 Å². The Hall–Kier alpha value is -3.57. The first-order valence-corrected chi connectivity index (χ1v) is 12.6. The highest BCUT2D eigenvalue weighted by molar-refractivity contribution is 7.90. The van der Waals surface area contributed by atoms with Gasteiger partial charge in [0.25, 0.3) is 0 Å². The van der Waals surface area contributed by atoms with Crippen LogP contribution < -0.4 is 15.5 Å². The Morgan fingerprint density at radius 1 is 1.06 bits per heavy atom. The molecule has 0 spiro atoms. The lowest BCUT2D eigenvalue weighted by atomic mass is 10.1. The lowest BCUT2D eigenvalue weighted by molar-refractivity contribution is 0.0981. The number of amides is 2. The maximum absolute atomic E-state index is 12.4. The van der Waals surface area contributed by atoms with Crippen molar-refractivity contribution < 1.29 is 17.9 Å². The summed E-state index contributed by atoms with van der Waals surface area (Å²) < 4.78 is 30.4. The number of nitrogens with one attached hydrogen (secondary N) is 2. The number of urea groups is 1. The molecule has 1 fully saturated rings. The summed E-state index contributed by atoms with van der Waals surface area (Å²) >= 11 is 0. The number of morpholine rings is 1. The van der Waals surface area contributed by atoms with E-state index in [9.17, 15) is 13.2 Å². The Morgan fingerprint density at radius 2 is 1.76 bits per heavy atom. The Balaban J connectivity index is 1.83. The molecule has 2 amide bonds. The van der Waals surface area contributed by atoms with Crippen molar-refractivity contribution in [2.45, 2.75) is 17.9 Å². The number of anilines is 2. The number of hydrogen-bond donors (Lipinski definition) is 2. The minimum absolute atomic E-state index is 0.0427. The van der Waals surface area contributed by atoms with Crippen LogP contribution in [0.5, 0.6) is 0 Å². The fourth-order valence-electron chi connectivity index (χ4n) is 3.64. The molecule has 4 rings (SSSR count). The van der Waals surface area contributed by atoms with Crippen LogP contribution in [0.25, 0.3) is 22.8 Å². The van der Waals surface area contributed by atoms with Gasteiger partial charge in [0.1, 0.15) is 0 Å². The third-order valence-corrected chi connectivity index (χ3v) is 6.56. The molecule has 2 aromatic carbocycles. The van der Waals surface area contributed by atoms with Crippen molar-refractivity contribution in [1.29, 1.82) is 0 Å². The molecule has 11 heteroatoms. The van der Waals surface area contributed by atoms with Gasteiger partial charge in [0.15, 0.2) is 21.5 Å². The third-order valence-electron chi connectivity index (χ3n) is 5.40. The zero-order valence-corrected chi connectivity index (χ0v) is 20.0. The van der Waals surface area contributed by atoms with Gasteiger partial charge >= 0.3 is 6.03 Å². The van der Waals surface area contributed by atoms with Gasteiger partial charge in [0.2, 0.25) is 5.95 Å². The van der Waals surface area contributed by atoms with Gasteiger partial charge in [0.05, 0.1) is 24.2 Å². The van der Waals surface area contributed by atoms with Gasteiger partial charge < -0.3 is 20.3 Å². The predicted molar refractivity (Wildman–Crippen MR) is 130 cm³/mol. The molecule has 1 aromatic heterocycles. The molecule has 3 aromatic rings. The summed E-state index contributed by atoms with van der Waals surface area (Å²) in [6.07, 6.45) is 1.16. The molecule has 2 heterocycles. The first-order valence-electron chi connectivity index (χ1n) is 10.8. The van der Waals surface area contributed by atoms with Crippen LogP contribution in [0.2, 0.25) is 0 Å². The highest BCUT2D eigenvalue weighted by Gasteiger charge is 2.25. The van der Waals surface area contributed by atoms with Crippen molar-refractivity contribution in [3.05, 3.63) is 48.5 Å². The van der Waals surface area contributed by atoms with Crippen LogP contribution in [0.4, 0.5) is 16.4 Å². The van der Waals surface area contributed by atoms with Gasteiger partial charge in [-0.2, -0.15) is 9.97 Å². The Morgan fingerprint density at radius 3 is 2.44 bits per heavy atom. The number of hydrogen-bond acceptors (Lipinski definition) is 8. The summed E-state index contributed by atoms with van der Waals surface area (Å²) in [6, 6.07) is 13.5. The minimum Gasteiger partial charge on any atom is -0.377 e. The van der Waals surface area contributed by atoms with Gasteiger partial charge in [-0.25, -0.2) is 18.2 Å². The summed E-state index contributed by atoms with van der Waals surface area (Å²) in [5.41, 5.74) is 1.72. The molecule has 0 saturated carbocycles. The number of aromatic nitrogens is 3. The molecule has 1 aliphatic rings. The van der Waals surface area contributed by atoms with E-state index in [4.69, 9.17) is 9.72 Å². The quantitative estimate of drug-likeness (QED) is 0.568. The molecule has 2 N–H and O–H groups in total. The standard InChI is InChI=1S/C23H26N6O4S/c1-15-14-33-13-12-29(15)22-27-20(16-8-10-17(11-9-16)25-23(30)24-2)26-21(28-22)18-6-4-5-7-19(18)34(3,31)32/h4-11,15H,12-14H2,1-3H3,(H2,24,25,30)/t15-/m0/s1.